The number of phenols is 1. The standard InChI is InChI=1S/C20H24O6/c1-11-9-14-5-4-6-15(21)19(24)16(22)8-7-12(2)13(3)26-20(25)18(14)17(23)10-11/h4-5,7-10,12-13,15,19,21,23-24H,6H2,1-3H3/b5-4+,8-7-/t12-,13+,15+,19+/m1/s1. The molecule has 0 fully saturated rings. The zero-order chi connectivity index (χ0) is 19.4. The summed E-state index contributed by atoms with van der Waals surface area (Å²) in [4.78, 5) is 24.5. The van der Waals surface area contributed by atoms with Crippen LogP contribution in [0.2, 0.25) is 0 Å². The highest BCUT2D eigenvalue weighted by molar-refractivity contribution is 5.97. The molecule has 1 aromatic carbocycles. The number of carbonyl (C=O) groups is 2. The predicted octanol–water partition coefficient (Wildman–Crippen LogP) is 2.15. The number of aliphatic hydroxyl groups excluding tert-OH is 2. The van der Waals surface area contributed by atoms with Gasteiger partial charge in [0.1, 0.15) is 23.5 Å². The molecule has 0 unspecified atom stereocenters. The van der Waals surface area contributed by atoms with Crippen molar-refractivity contribution in [3.63, 3.8) is 0 Å². The minimum absolute atomic E-state index is 0.00982. The largest absolute Gasteiger partial charge is 0.507 e. The van der Waals surface area contributed by atoms with Crippen LogP contribution in [-0.4, -0.2) is 45.4 Å². The number of carbonyl (C=O) groups excluding carboxylic acids is 2. The van der Waals surface area contributed by atoms with Gasteiger partial charge < -0.3 is 20.1 Å². The second-order valence-electron chi connectivity index (χ2n) is 6.63. The van der Waals surface area contributed by atoms with Crippen LogP contribution in [0, 0.1) is 12.8 Å². The Morgan fingerprint density at radius 2 is 1.81 bits per heavy atom. The van der Waals surface area contributed by atoms with Crippen molar-refractivity contribution in [2.45, 2.75) is 45.5 Å². The third-order valence-electron chi connectivity index (χ3n) is 4.42. The monoisotopic (exact) mass is 360 g/mol. The average molecular weight is 360 g/mol. The van der Waals surface area contributed by atoms with E-state index >= 15 is 0 Å². The molecule has 6 nitrogen and oxygen atoms in total. The van der Waals surface area contributed by atoms with Gasteiger partial charge in [-0.3, -0.25) is 4.79 Å². The maximum absolute atomic E-state index is 12.5. The molecule has 1 aromatic rings. The summed E-state index contributed by atoms with van der Waals surface area (Å²) in [7, 11) is 0. The summed E-state index contributed by atoms with van der Waals surface area (Å²) in [6.45, 7) is 5.21. The number of cyclic esters (lactones) is 1. The summed E-state index contributed by atoms with van der Waals surface area (Å²) >= 11 is 0. The van der Waals surface area contributed by atoms with Gasteiger partial charge in [0.05, 0.1) is 6.10 Å². The van der Waals surface area contributed by atoms with Crippen LogP contribution in [-0.2, 0) is 9.53 Å². The van der Waals surface area contributed by atoms with Crippen molar-refractivity contribution in [1.82, 2.24) is 0 Å². The van der Waals surface area contributed by atoms with Gasteiger partial charge in [-0.1, -0.05) is 31.2 Å². The van der Waals surface area contributed by atoms with Crippen molar-refractivity contribution >= 4 is 17.8 Å². The fourth-order valence-electron chi connectivity index (χ4n) is 2.64. The normalized spacial score (nSPS) is 30.0. The van der Waals surface area contributed by atoms with E-state index in [4.69, 9.17) is 4.74 Å². The number of hydrogen-bond acceptors (Lipinski definition) is 6. The first-order valence-electron chi connectivity index (χ1n) is 8.50. The van der Waals surface area contributed by atoms with E-state index in [1.165, 1.54) is 24.3 Å². The highest BCUT2D eigenvalue weighted by atomic mass is 16.5. The van der Waals surface area contributed by atoms with Gasteiger partial charge in [-0.2, -0.15) is 0 Å². The van der Waals surface area contributed by atoms with Crippen LogP contribution < -0.4 is 0 Å². The topological polar surface area (TPSA) is 104 Å². The molecule has 6 heteroatoms. The van der Waals surface area contributed by atoms with E-state index in [1.54, 1.807) is 32.9 Å². The predicted molar refractivity (Wildman–Crippen MR) is 96.7 cm³/mol. The Bertz CT molecular complexity index is 749. The molecule has 0 bridgehead atoms. The number of rotatable bonds is 0. The number of ether oxygens (including phenoxy) is 1. The second kappa shape index (κ2) is 8.29. The lowest BCUT2D eigenvalue weighted by Crippen LogP contribution is -2.32. The van der Waals surface area contributed by atoms with Gasteiger partial charge in [0.15, 0.2) is 5.78 Å². The average Bonchev–Trinajstić information content (AvgIpc) is 2.56. The molecule has 4 atom stereocenters. The van der Waals surface area contributed by atoms with Crippen molar-refractivity contribution in [2.75, 3.05) is 0 Å². The number of esters is 1. The first kappa shape index (κ1) is 19.9. The maximum atomic E-state index is 12.5. The fourth-order valence-corrected chi connectivity index (χ4v) is 2.64. The third-order valence-corrected chi connectivity index (χ3v) is 4.42. The van der Waals surface area contributed by atoms with E-state index in [1.807, 2.05) is 0 Å². The molecule has 1 aliphatic heterocycles. The quantitative estimate of drug-likeness (QED) is 0.613. The van der Waals surface area contributed by atoms with Gasteiger partial charge in [0.25, 0.3) is 0 Å². The minimum atomic E-state index is -1.53. The van der Waals surface area contributed by atoms with Crippen molar-refractivity contribution in [2.24, 2.45) is 5.92 Å². The summed E-state index contributed by atoms with van der Waals surface area (Å²) in [6.07, 6.45) is 2.44. The van der Waals surface area contributed by atoms with Crippen molar-refractivity contribution in [3.8, 4) is 5.75 Å². The molecule has 0 saturated heterocycles. The number of aromatic hydroxyl groups is 1. The SMILES string of the molecule is Cc1cc(O)c2c(c1)/C=C/C[C@H](O)[C@H](O)C(=O)/C=C\[C@@H](C)[C@H](C)OC2=O. The zero-order valence-corrected chi connectivity index (χ0v) is 15.0. The number of fused-ring (bicyclic) bond motifs is 1. The van der Waals surface area contributed by atoms with Crippen molar-refractivity contribution in [1.29, 1.82) is 0 Å². The smallest absolute Gasteiger partial charge is 0.342 e. The molecule has 0 radical (unpaired) electrons. The van der Waals surface area contributed by atoms with Crippen LogP contribution in [0.25, 0.3) is 6.08 Å². The number of aliphatic hydroxyl groups is 2. The Morgan fingerprint density at radius 1 is 1.12 bits per heavy atom. The first-order valence-corrected chi connectivity index (χ1v) is 8.50. The van der Waals surface area contributed by atoms with E-state index in [2.05, 4.69) is 0 Å². The molecule has 26 heavy (non-hydrogen) atoms. The Morgan fingerprint density at radius 3 is 2.50 bits per heavy atom. The minimum Gasteiger partial charge on any atom is -0.507 e. The number of phenolic OH excluding ortho intramolecular Hbond substituents is 1. The first-order chi connectivity index (χ1) is 12.2. The van der Waals surface area contributed by atoms with E-state index in [0.29, 0.717) is 5.56 Å². The number of benzene rings is 1. The molecule has 140 valence electrons. The molecule has 0 amide bonds. The van der Waals surface area contributed by atoms with Crippen molar-refractivity contribution < 1.29 is 29.6 Å². The third kappa shape index (κ3) is 4.59. The van der Waals surface area contributed by atoms with E-state index in [0.717, 1.165) is 5.56 Å². The summed E-state index contributed by atoms with van der Waals surface area (Å²) in [6, 6.07) is 3.18. The summed E-state index contributed by atoms with van der Waals surface area (Å²) in [5, 5.41) is 30.1. The van der Waals surface area contributed by atoms with Gasteiger partial charge in [-0.15, -0.1) is 0 Å². The zero-order valence-electron chi connectivity index (χ0n) is 15.0. The van der Waals surface area contributed by atoms with Crippen LogP contribution in [0.1, 0.15) is 41.8 Å². The molecule has 2 rings (SSSR count). The number of ketones is 1. The Balaban J connectivity index is 2.48. The van der Waals surface area contributed by atoms with Crippen LogP contribution in [0.3, 0.4) is 0 Å². The van der Waals surface area contributed by atoms with E-state index in [9.17, 15) is 24.9 Å². The Labute approximate surface area is 152 Å². The van der Waals surface area contributed by atoms with Crippen LogP contribution in [0.4, 0.5) is 0 Å². The molecule has 0 spiro atoms. The number of hydrogen-bond donors (Lipinski definition) is 3. The molecular weight excluding hydrogens is 336 g/mol. The van der Waals surface area contributed by atoms with Crippen LogP contribution in [0.5, 0.6) is 5.75 Å². The van der Waals surface area contributed by atoms with E-state index in [-0.39, 0.29) is 23.7 Å². The Hall–Kier alpha value is -2.44. The van der Waals surface area contributed by atoms with Crippen LogP contribution >= 0.6 is 0 Å². The Kier molecular flexibility index (Phi) is 6.34. The van der Waals surface area contributed by atoms with Crippen LogP contribution in [0.15, 0.2) is 30.4 Å². The number of aryl methyl sites for hydroxylation is 1. The second-order valence-corrected chi connectivity index (χ2v) is 6.63. The van der Waals surface area contributed by atoms with Gasteiger partial charge in [-0.05, 0) is 43.5 Å². The molecule has 0 saturated carbocycles. The summed E-state index contributed by atoms with van der Waals surface area (Å²) in [5.41, 5.74) is 1.23. The highest BCUT2D eigenvalue weighted by Crippen LogP contribution is 2.27. The molecule has 0 aliphatic carbocycles. The lowest BCUT2D eigenvalue weighted by molar-refractivity contribution is -0.127. The molecule has 1 heterocycles. The van der Waals surface area contributed by atoms with Crippen molar-refractivity contribution in [3.05, 3.63) is 47.1 Å². The lowest BCUT2D eigenvalue weighted by atomic mass is 9.99. The lowest BCUT2D eigenvalue weighted by Gasteiger charge is -2.20. The van der Waals surface area contributed by atoms with Gasteiger partial charge in [0.2, 0.25) is 0 Å². The molecule has 1 aliphatic rings. The maximum Gasteiger partial charge on any atom is 0.342 e. The summed E-state index contributed by atoms with van der Waals surface area (Å²) in [5.74, 6) is -1.77. The molecular formula is C20H24O6. The molecule has 0 aromatic heterocycles. The fraction of sp³-hybridized carbons (Fsp3) is 0.400. The van der Waals surface area contributed by atoms with E-state index < -0.39 is 30.1 Å². The highest BCUT2D eigenvalue weighted by Gasteiger charge is 2.24. The van der Waals surface area contributed by atoms with Gasteiger partial charge in [0, 0.05) is 5.92 Å². The van der Waals surface area contributed by atoms with Gasteiger partial charge >= 0.3 is 5.97 Å². The molecule has 3 N–H and O–H groups in total. The summed E-state index contributed by atoms with van der Waals surface area (Å²) < 4.78 is 5.43. The van der Waals surface area contributed by atoms with Gasteiger partial charge in [-0.25, -0.2) is 4.79 Å².